The zero-order valence-corrected chi connectivity index (χ0v) is 16.1. The minimum Gasteiger partial charge on any atom is -0.351 e. The molecule has 3 aromatic heterocycles. The van der Waals surface area contributed by atoms with Crippen molar-refractivity contribution in [1.82, 2.24) is 24.1 Å². The van der Waals surface area contributed by atoms with E-state index in [1.165, 1.54) is 33.5 Å². The van der Waals surface area contributed by atoms with E-state index >= 15 is 0 Å². The van der Waals surface area contributed by atoms with Crippen LogP contribution in [0.3, 0.4) is 0 Å². The Hall–Kier alpha value is -3.62. The van der Waals surface area contributed by atoms with Crippen LogP contribution in [0.15, 0.2) is 47.5 Å². The first-order chi connectivity index (χ1) is 14.5. The van der Waals surface area contributed by atoms with Crippen molar-refractivity contribution in [3.63, 3.8) is 0 Å². The molecule has 0 bridgehead atoms. The molecule has 152 valence electrons. The van der Waals surface area contributed by atoms with Gasteiger partial charge < -0.3 is 5.32 Å². The lowest BCUT2D eigenvalue weighted by Gasteiger charge is -2.06. The van der Waals surface area contributed by atoms with Crippen molar-refractivity contribution < 1.29 is 8.78 Å². The van der Waals surface area contributed by atoms with E-state index in [2.05, 4.69) is 20.3 Å². The van der Waals surface area contributed by atoms with Crippen LogP contribution < -0.4 is 11.0 Å². The van der Waals surface area contributed by atoms with Crippen LogP contribution in [0, 0.1) is 18.6 Å². The Morgan fingerprint density at radius 1 is 1.17 bits per heavy atom. The minimum atomic E-state index is -0.718. The Balaban J connectivity index is 1.72. The van der Waals surface area contributed by atoms with Crippen LogP contribution in [0.5, 0.6) is 0 Å². The van der Waals surface area contributed by atoms with E-state index in [1.807, 2.05) is 13.0 Å². The minimum absolute atomic E-state index is 0.198. The van der Waals surface area contributed by atoms with E-state index in [1.54, 1.807) is 12.3 Å². The lowest BCUT2D eigenvalue weighted by atomic mass is 10.2. The second-order valence-corrected chi connectivity index (χ2v) is 7.42. The molecule has 1 fully saturated rings. The van der Waals surface area contributed by atoms with E-state index in [0.29, 0.717) is 29.0 Å². The Bertz CT molecular complexity index is 1300. The molecule has 9 heteroatoms. The molecule has 7 nitrogen and oxygen atoms in total. The van der Waals surface area contributed by atoms with Crippen molar-refractivity contribution in [2.24, 2.45) is 0 Å². The van der Waals surface area contributed by atoms with Crippen LogP contribution in [0.4, 0.5) is 14.7 Å². The maximum Gasteiger partial charge on any atom is 0.336 e. The van der Waals surface area contributed by atoms with Crippen LogP contribution in [0.2, 0.25) is 0 Å². The van der Waals surface area contributed by atoms with Gasteiger partial charge in [-0.2, -0.15) is 4.98 Å². The molecule has 0 unspecified atom stereocenters. The average molecular weight is 408 g/mol. The van der Waals surface area contributed by atoms with Crippen LogP contribution in [-0.4, -0.2) is 30.1 Å². The van der Waals surface area contributed by atoms with Gasteiger partial charge in [0.2, 0.25) is 5.95 Å². The molecule has 0 saturated heterocycles. The molecule has 30 heavy (non-hydrogen) atoms. The summed E-state index contributed by atoms with van der Waals surface area (Å²) >= 11 is 0. The van der Waals surface area contributed by atoms with Crippen molar-refractivity contribution in [3.05, 3.63) is 76.0 Å². The smallest absolute Gasteiger partial charge is 0.336 e. The zero-order valence-electron chi connectivity index (χ0n) is 16.1. The monoisotopic (exact) mass is 408 g/mol. The summed E-state index contributed by atoms with van der Waals surface area (Å²) in [6.45, 7) is 1.60. The van der Waals surface area contributed by atoms with Crippen LogP contribution in [-0.2, 0) is 6.54 Å². The molecule has 1 aliphatic rings. The fourth-order valence-electron chi connectivity index (χ4n) is 3.36. The van der Waals surface area contributed by atoms with Gasteiger partial charge in [-0.3, -0.25) is 4.57 Å². The zero-order chi connectivity index (χ0) is 20.8. The van der Waals surface area contributed by atoms with Crippen molar-refractivity contribution in [2.45, 2.75) is 32.4 Å². The number of imidazole rings is 1. The molecule has 5 rings (SSSR count). The van der Waals surface area contributed by atoms with Crippen molar-refractivity contribution in [1.29, 1.82) is 0 Å². The number of pyridine rings is 1. The molecular formula is C21H18F2N6O. The van der Waals surface area contributed by atoms with E-state index in [9.17, 15) is 13.6 Å². The lowest BCUT2D eigenvalue weighted by molar-refractivity contribution is 0.543. The first-order valence-corrected chi connectivity index (χ1v) is 9.62. The standard InChI is InChI=1S/C21H18F2N6O/c1-12-7-8-24-18(9-12)29-19-17(10-25-20(27-19)26-13-5-6-13)28(21(29)30)11-14-15(22)3-2-4-16(14)23/h2-4,7-10,13H,5-6,11H2,1H3,(H,25,26,27). The second kappa shape index (κ2) is 7.01. The highest BCUT2D eigenvalue weighted by atomic mass is 19.1. The molecule has 1 saturated carbocycles. The molecule has 0 atom stereocenters. The van der Waals surface area contributed by atoms with E-state index < -0.39 is 17.3 Å². The average Bonchev–Trinajstić information content (AvgIpc) is 3.48. The Labute approximate surface area is 170 Å². The van der Waals surface area contributed by atoms with Gasteiger partial charge in [-0.1, -0.05) is 6.07 Å². The molecule has 1 aliphatic carbocycles. The third-order valence-electron chi connectivity index (χ3n) is 5.09. The van der Waals surface area contributed by atoms with Gasteiger partial charge in [-0.15, -0.1) is 0 Å². The first-order valence-electron chi connectivity index (χ1n) is 9.62. The Morgan fingerprint density at radius 2 is 1.93 bits per heavy atom. The van der Waals surface area contributed by atoms with Gasteiger partial charge in [-0.25, -0.2) is 28.1 Å². The predicted molar refractivity (Wildman–Crippen MR) is 108 cm³/mol. The molecule has 1 N–H and O–H groups in total. The highest BCUT2D eigenvalue weighted by Gasteiger charge is 2.24. The topological polar surface area (TPSA) is 77.6 Å². The largest absolute Gasteiger partial charge is 0.351 e. The fraction of sp³-hybridized carbons (Fsp3) is 0.238. The number of benzene rings is 1. The molecule has 3 heterocycles. The number of anilines is 1. The SMILES string of the molecule is Cc1ccnc(-n2c(=O)n(Cc3c(F)cccc3F)c3cnc(NC4CC4)nc32)c1. The number of fused-ring (bicyclic) bond motifs is 1. The number of aryl methyl sites for hydroxylation is 1. The summed E-state index contributed by atoms with van der Waals surface area (Å²) in [4.78, 5) is 26.4. The third kappa shape index (κ3) is 3.22. The molecule has 1 aromatic carbocycles. The molecule has 0 spiro atoms. The van der Waals surface area contributed by atoms with E-state index in [0.717, 1.165) is 18.4 Å². The van der Waals surface area contributed by atoms with Crippen LogP contribution in [0.1, 0.15) is 24.0 Å². The lowest BCUT2D eigenvalue weighted by Crippen LogP contribution is -2.25. The molecule has 0 amide bonds. The van der Waals surface area contributed by atoms with Gasteiger partial charge in [-0.05, 0) is 49.6 Å². The summed E-state index contributed by atoms with van der Waals surface area (Å²) in [5, 5.41) is 3.21. The number of hydrogen-bond acceptors (Lipinski definition) is 5. The van der Waals surface area contributed by atoms with Crippen molar-refractivity contribution in [2.75, 3.05) is 5.32 Å². The summed E-state index contributed by atoms with van der Waals surface area (Å²) in [7, 11) is 0. The maximum atomic E-state index is 14.2. The molecule has 0 radical (unpaired) electrons. The van der Waals surface area contributed by atoms with Crippen LogP contribution >= 0.6 is 0 Å². The maximum absolute atomic E-state index is 14.2. The highest BCUT2D eigenvalue weighted by molar-refractivity contribution is 5.74. The summed E-state index contributed by atoms with van der Waals surface area (Å²) in [6, 6.07) is 7.52. The fourth-order valence-corrected chi connectivity index (χ4v) is 3.36. The predicted octanol–water partition coefficient (Wildman–Crippen LogP) is 3.19. The van der Waals surface area contributed by atoms with E-state index in [4.69, 9.17) is 0 Å². The molecular weight excluding hydrogens is 390 g/mol. The summed E-state index contributed by atoms with van der Waals surface area (Å²) < 4.78 is 31.1. The number of aromatic nitrogens is 5. The van der Waals surface area contributed by atoms with Gasteiger partial charge in [0.1, 0.15) is 23.0 Å². The summed E-state index contributed by atoms with van der Waals surface area (Å²) in [6.07, 6.45) is 5.18. The highest BCUT2D eigenvalue weighted by Crippen LogP contribution is 2.24. The number of nitrogens with one attached hydrogen (secondary N) is 1. The summed E-state index contributed by atoms with van der Waals surface area (Å²) in [5.74, 6) is -0.650. The Morgan fingerprint density at radius 3 is 2.63 bits per heavy atom. The van der Waals surface area contributed by atoms with Crippen LogP contribution in [0.25, 0.3) is 17.0 Å². The van der Waals surface area contributed by atoms with E-state index in [-0.39, 0.29) is 12.1 Å². The van der Waals surface area contributed by atoms with Crippen molar-refractivity contribution >= 4 is 17.1 Å². The van der Waals surface area contributed by atoms with Gasteiger partial charge in [0.15, 0.2) is 5.65 Å². The third-order valence-corrected chi connectivity index (χ3v) is 5.09. The number of halogens is 2. The number of hydrogen-bond donors (Lipinski definition) is 1. The normalized spacial score (nSPS) is 13.7. The van der Waals surface area contributed by atoms with Gasteiger partial charge in [0.25, 0.3) is 0 Å². The first kappa shape index (κ1) is 18.4. The Kier molecular flexibility index (Phi) is 4.30. The summed E-state index contributed by atoms with van der Waals surface area (Å²) in [5.41, 5.74) is 0.915. The number of nitrogens with zero attached hydrogens (tertiary/aromatic N) is 5. The van der Waals surface area contributed by atoms with Gasteiger partial charge in [0.05, 0.1) is 12.7 Å². The number of rotatable bonds is 5. The van der Waals surface area contributed by atoms with Gasteiger partial charge in [0, 0.05) is 17.8 Å². The second-order valence-electron chi connectivity index (χ2n) is 7.42. The molecule has 0 aliphatic heterocycles. The quantitative estimate of drug-likeness (QED) is 0.549. The van der Waals surface area contributed by atoms with Crippen molar-refractivity contribution in [3.8, 4) is 5.82 Å². The van der Waals surface area contributed by atoms with Gasteiger partial charge >= 0.3 is 5.69 Å². The molecule has 4 aromatic rings.